The van der Waals surface area contributed by atoms with E-state index in [9.17, 15) is 14.4 Å². The molecule has 3 aromatic rings. The van der Waals surface area contributed by atoms with Crippen LogP contribution in [-0.4, -0.2) is 35.7 Å². The van der Waals surface area contributed by atoms with Gasteiger partial charge in [0.2, 0.25) is 11.8 Å². The Kier molecular flexibility index (Phi) is 8.16. The Morgan fingerprint density at radius 3 is 2.11 bits per heavy atom. The molecule has 35 heavy (non-hydrogen) atoms. The summed E-state index contributed by atoms with van der Waals surface area (Å²) in [5, 5.41) is 6.29. The van der Waals surface area contributed by atoms with E-state index in [1.54, 1.807) is 29.2 Å². The molecule has 1 saturated heterocycles. The SMILES string of the molecule is O=C(N[C@H](CC(=O)N1CCC(C(=O)Nc2ccccc2)CC1)c1ccccc1)c1ccccc1Cl. The predicted octanol–water partition coefficient (Wildman–Crippen LogP) is 5.08. The average Bonchev–Trinajstić information content (AvgIpc) is 2.89. The van der Waals surface area contributed by atoms with Crippen LogP contribution in [0.4, 0.5) is 5.69 Å². The molecule has 6 nitrogen and oxygen atoms in total. The second-order valence-corrected chi connectivity index (χ2v) is 9.04. The molecule has 1 fully saturated rings. The van der Waals surface area contributed by atoms with Gasteiger partial charge in [0.25, 0.3) is 5.91 Å². The van der Waals surface area contributed by atoms with Crippen LogP contribution in [0.3, 0.4) is 0 Å². The summed E-state index contributed by atoms with van der Waals surface area (Å²) in [6, 6.07) is 25.2. The van der Waals surface area contributed by atoms with Crippen molar-refractivity contribution >= 4 is 35.0 Å². The van der Waals surface area contributed by atoms with Gasteiger partial charge in [0.15, 0.2) is 0 Å². The molecule has 4 rings (SSSR count). The number of para-hydroxylation sites is 1. The Hall–Kier alpha value is -3.64. The van der Waals surface area contributed by atoms with Crippen LogP contribution in [-0.2, 0) is 9.59 Å². The van der Waals surface area contributed by atoms with E-state index in [1.807, 2.05) is 60.7 Å². The summed E-state index contributed by atoms with van der Waals surface area (Å²) in [4.78, 5) is 40.5. The number of nitrogens with zero attached hydrogens (tertiary/aromatic N) is 1. The van der Waals surface area contributed by atoms with E-state index in [1.165, 1.54) is 0 Å². The first kappa shape index (κ1) is 24.5. The van der Waals surface area contributed by atoms with Crippen LogP contribution in [0.25, 0.3) is 0 Å². The van der Waals surface area contributed by atoms with Gasteiger partial charge in [-0.1, -0.05) is 72.3 Å². The van der Waals surface area contributed by atoms with E-state index < -0.39 is 6.04 Å². The maximum absolute atomic E-state index is 13.2. The quantitative estimate of drug-likeness (QED) is 0.486. The zero-order valence-corrected chi connectivity index (χ0v) is 20.1. The molecule has 0 unspecified atom stereocenters. The van der Waals surface area contributed by atoms with Gasteiger partial charge in [0, 0.05) is 24.7 Å². The van der Waals surface area contributed by atoms with Gasteiger partial charge in [0.1, 0.15) is 0 Å². The van der Waals surface area contributed by atoms with E-state index in [-0.39, 0.29) is 30.1 Å². The van der Waals surface area contributed by atoms with Crippen molar-refractivity contribution in [1.82, 2.24) is 10.2 Å². The number of anilines is 1. The number of rotatable bonds is 7. The number of carbonyl (C=O) groups excluding carboxylic acids is 3. The highest BCUT2D eigenvalue weighted by Gasteiger charge is 2.29. The Morgan fingerprint density at radius 1 is 0.857 bits per heavy atom. The molecule has 7 heteroatoms. The van der Waals surface area contributed by atoms with Crippen LogP contribution in [0.2, 0.25) is 5.02 Å². The number of benzene rings is 3. The molecule has 3 amide bonds. The van der Waals surface area contributed by atoms with E-state index in [0.717, 1.165) is 11.3 Å². The normalized spacial score (nSPS) is 14.7. The first-order valence-electron chi connectivity index (χ1n) is 11.8. The summed E-state index contributed by atoms with van der Waals surface area (Å²) in [6.45, 7) is 1.01. The summed E-state index contributed by atoms with van der Waals surface area (Å²) in [5.74, 6) is -0.532. The lowest BCUT2D eigenvalue weighted by Gasteiger charge is -2.32. The molecule has 0 aromatic heterocycles. The highest BCUT2D eigenvalue weighted by atomic mass is 35.5. The van der Waals surface area contributed by atoms with Gasteiger partial charge in [0.05, 0.1) is 23.0 Å². The van der Waals surface area contributed by atoms with E-state index >= 15 is 0 Å². The minimum atomic E-state index is -0.494. The first-order valence-corrected chi connectivity index (χ1v) is 12.1. The summed E-state index contributed by atoms with van der Waals surface area (Å²) in [7, 11) is 0. The lowest BCUT2D eigenvalue weighted by molar-refractivity contribution is -0.135. The molecule has 1 aliphatic rings. The molecule has 3 aromatic carbocycles. The molecule has 0 radical (unpaired) electrons. The Labute approximate surface area is 210 Å². The van der Waals surface area contributed by atoms with Crippen molar-refractivity contribution in [2.75, 3.05) is 18.4 Å². The van der Waals surface area contributed by atoms with Crippen molar-refractivity contribution < 1.29 is 14.4 Å². The fourth-order valence-electron chi connectivity index (χ4n) is 4.28. The Morgan fingerprint density at radius 2 is 1.46 bits per heavy atom. The maximum atomic E-state index is 13.2. The fraction of sp³-hybridized carbons (Fsp3) is 0.250. The lowest BCUT2D eigenvalue weighted by Crippen LogP contribution is -2.43. The number of carbonyl (C=O) groups is 3. The summed E-state index contributed by atoms with van der Waals surface area (Å²) < 4.78 is 0. The van der Waals surface area contributed by atoms with Crippen LogP contribution < -0.4 is 10.6 Å². The summed E-state index contributed by atoms with van der Waals surface area (Å²) >= 11 is 6.20. The van der Waals surface area contributed by atoms with Crippen molar-refractivity contribution in [3.63, 3.8) is 0 Å². The van der Waals surface area contributed by atoms with Crippen LogP contribution in [0.5, 0.6) is 0 Å². The summed E-state index contributed by atoms with van der Waals surface area (Å²) in [5.41, 5.74) is 1.99. The largest absolute Gasteiger partial charge is 0.345 e. The van der Waals surface area contributed by atoms with Crippen molar-refractivity contribution in [1.29, 1.82) is 0 Å². The van der Waals surface area contributed by atoms with E-state index in [0.29, 0.717) is 36.5 Å². The third kappa shape index (κ3) is 6.49. The second kappa shape index (κ2) is 11.7. The highest BCUT2D eigenvalue weighted by molar-refractivity contribution is 6.33. The van der Waals surface area contributed by atoms with Gasteiger partial charge < -0.3 is 15.5 Å². The molecular formula is C28H28ClN3O3. The van der Waals surface area contributed by atoms with E-state index in [2.05, 4.69) is 10.6 Å². The number of hydrogen-bond acceptors (Lipinski definition) is 3. The maximum Gasteiger partial charge on any atom is 0.253 e. The van der Waals surface area contributed by atoms with Gasteiger partial charge in [-0.05, 0) is 42.7 Å². The summed E-state index contributed by atoms with van der Waals surface area (Å²) in [6.07, 6.45) is 1.33. The second-order valence-electron chi connectivity index (χ2n) is 8.63. The average molecular weight is 490 g/mol. The minimum Gasteiger partial charge on any atom is -0.345 e. The molecule has 0 spiro atoms. The van der Waals surface area contributed by atoms with Crippen molar-refractivity contribution in [3.8, 4) is 0 Å². The molecule has 1 heterocycles. The number of halogens is 1. The molecule has 2 N–H and O–H groups in total. The number of hydrogen-bond donors (Lipinski definition) is 2. The zero-order chi connectivity index (χ0) is 24.6. The van der Waals surface area contributed by atoms with Crippen molar-refractivity contribution in [2.45, 2.75) is 25.3 Å². The van der Waals surface area contributed by atoms with Crippen LogP contribution >= 0.6 is 11.6 Å². The third-order valence-electron chi connectivity index (χ3n) is 6.26. The van der Waals surface area contributed by atoms with Gasteiger partial charge in [-0.3, -0.25) is 14.4 Å². The number of nitrogens with one attached hydrogen (secondary N) is 2. The van der Waals surface area contributed by atoms with Crippen LogP contribution in [0.1, 0.15) is 41.2 Å². The molecular weight excluding hydrogens is 462 g/mol. The van der Waals surface area contributed by atoms with Gasteiger partial charge >= 0.3 is 0 Å². The molecule has 1 atom stereocenters. The third-order valence-corrected chi connectivity index (χ3v) is 6.59. The number of amides is 3. The molecule has 0 bridgehead atoms. The smallest absolute Gasteiger partial charge is 0.253 e. The standard InChI is InChI=1S/C28H28ClN3O3/c29-24-14-8-7-13-23(24)28(35)31-25(20-9-3-1-4-10-20)19-26(33)32-17-15-21(16-18-32)27(34)30-22-11-5-2-6-12-22/h1-14,21,25H,15-19H2,(H,30,34)(H,31,35)/t25-/m1/s1. The predicted molar refractivity (Wildman–Crippen MR) is 137 cm³/mol. The van der Waals surface area contributed by atoms with E-state index in [4.69, 9.17) is 11.6 Å². The minimum absolute atomic E-state index is 0.0162. The monoisotopic (exact) mass is 489 g/mol. The van der Waals surface area contributed by atoms with Crippen molar-refractivity contribution in [2.24, 2.45) is 5.92 Å². The van der Waals surface area contributed by atoms with Crippen molar-refractivity contribution in [3.05, 3.63) is 101 Å². The number of piperidine rings is 1. The number of likely N-dealkylation sites (tertiary alicyclic amines) is 1. The molecule has 180 valence electrons. The topological polar surface area (TPSA) is 78.5 Å². The fourth-order valence-corrected chi connectivity index (χ4v) is 4.50. The Bertz CT molecular complexity index is 1160. The lowest BCUT2D eigenvalue weighted by atomic mass is 9.94. The Balaban J connectivity index is 1.37. The van der Waals surface area contributed by atoms with Crippen LogP contribution in [0, 0.1) is 5.92 Å². The van der Waals surface area contributed by atoms with Crippen LogP contribution in [0.15, 0.2) is 84.9 Å². The van der Waals surface area contributed by atoms with Gasteiger partial charge in [-0.15, -0.1) is 0 Å². The molecule has 0 saturated carbocycles. The zero-order valence-electron chi connectivity index (χ0n) is 19.3. The highest BCUT2D eigenvalue weighted by Crippen LogP contribution is 2.24. The molecule has 0 aliphatic carbocycles. The molecule has 1 aliphatic heterocycles. The van der Waals surface area contributed by atoms with Gasteiger partial charge in [-0.25, -0.2) is 0 Å². The van der Waals surface area contributed by atoms with Gasteiger partial charge in [-0.2, -0.15) is 0 Å². The first-order chi connectivity index (χ1) is 17.0.